The molecule has 8 nitrogen and oxygen atoms in total. The third-order valence-corrected chi connectivity index (χ3v) is 5.95. The van der Waals surface area contributed by atoms with E-state index in [2.05, 4.69) is 36.3 Å². The molecule has 31 heavy (non-hydrogen) atoms. The first-order valence-corrected chi connectivity index (χ1v) is 10.8. The summed E-state index contributed by atoms with van der Waals surface area (Å²) in [5, 5.41) is 16.3. The maximum atomic E-state index is 13.7. The van der Waals surface area contributed by atoms with Gasteiger partial charge in [0.15, 0.2) is 5.82 Å². The lowest BCUT2D eigenvalue weighted by atomic mass is 10.0. The molecule has 1 aromatic carbocycles. The Morgan fingerprint density at radius 1 is 1.23 bits per heavy atom. The van der Waals surface area contributed by atoms with Crippen molar-refractivity contribution >= 4 is 5.65 Å². The zero-order chi connectivity index (χ0) is 21.7. The van der Waals surface area contributed by atoms with Crippen LogP contribution in [0.4, 0.5) is 0 Å². The first-order valence-electron chi connectivity index (χ1n) is 10.8. The average Bonchev–Trinajstić information content (AvgIpc) is 3.35. The van der Waals surface area contributed by atoms with Gasteiger partial charge in [0.1, 0.15) is 12.0 Å². The van der Waals surface area contributed by atoms with Gasteiger partial charge in [0.05, 0.1) is 17.6 Å². The lowest BCUT2D eigenvalue weighted by molar-refractivity contribution is 0.489. The fourth-order valence-electron chi connectivity index (χ4n) is 4.46. The molecule has 1 N–H and O–H groups in total. The smallest absolute Gasteiger partial charge is 0.261 e. The number of nitrogens with zero attached hydrogens (tertiary/aromatic N) is 6. The van der Waals surface area contributed by atoms with Crippen molar-refractivity contribution in [2.24, 2.45) is 13.0 Å². The van der Waals surface area contributed by atoms with Crippen LogP contribution in [0.3, 0.4) is 0 Å². The summed E-state index contributed by atoms with van der Waals surface area (Å²) in [7, 11) is 1.92. The summed E-state index contributed by atoms with van der Waals surface area (Å²) in [6, 6.07) is 8.20. The summed E-state index contributed by atoms with van der Waals surface area (Å²) in [4.78, 5) is 13.7. The molecule has 160 valence electrons. The van der Waals surface area contributed by atoms with Crippen LogP contribution >= 0.6 is 0 Å². The molecule has 4 heterocycles. The number of aryl methyl sites for hydroxylation is 1. The molecule has 0 bridgehead atoms. The van der Waals surface area contributed by atoms with Crippen molar-refractivity contribution in [3.05, 3.63) is 64.0 Å². The largest absolute Gasteiger partial charge is 0.317 e. The van der Waals surface area contributed by atoms with Gasteiger partial charge in [-0.15, -0.1) is 10.2 Å². The second-order valence-corrected chi connectivity index (χ2v) is 8.87. The minimum absolute atomic E-state index is 0.0489. The number of benzene rings is 1. The molecule has 0 saturated carbocycles. The lowest BCUT2D eigenvalue weighted by Crippen LogP contribution is -2.40. The van der Waals surface area contributed by atoms with E-state index < -0.39 is 0 Å². The number of rotatable bonds is 4. The van der Waals surface area contributed by atoms with Crippen LogP contribution in [0.1, 0.15) is 37.6 Å². The second-order valence-electron chi connectivity index (χ2n) is 8.87. The Morgan fingerprint density at radius 3 is 2.68 bits per heavy atom. The Labute approximate surface area is 180 Å². The van der Waals surface area contributed by atoms with Gasteiger partial charge in [-0.05, 0) is 49.9 Å². The highest BCUT2D eigenvalue weighted by Gasteiger charge is 2.25. The standard InChI is InChI=1S/C23H27N7O/c1-14(2)9-17-11-26-30-20-12-24-15(3)10-19(20)23(31)29(22(17)30)18-7-5-16(6-8-18)21-27-25-13-28(21)4/h5-8,11,13-15,24H,9-10,12H2,1-4H3. The molecule has 1 aliphatic heterocycles. The second kappa shape index (κ2) is 7.46. The molecular weight excluding hydrogens is 390 g/mol. The van der Waals surface area contributed by atoms with Gasteiger partial charge in [-0.2, -0.15) is 5.10 Å². The molecular formula is C23H27N7O. The summed E-state index contributed by atoms with van der Waals surface area (Å²) < 4.78 is 5.68. The Balaban J connectivity index is 1.73. The Hall–Kier alpha value is -3.26. The van der Waals surface area contributed by atoms with Crippen LogP contribution in [0, 0.1) is 5.92 Å². The van der Waals surface area contributed by atoms with Gasteiger partial charge in [-0.3, -0.25) is 9.36 Å². The third kappa shape index (κ3) is 3.27. The van der Waals surface area contributed by atoms with Crippen molar-refractivity contribution < 1.29 is 0 Å². The monoisotopic (exact) mass is 417 g/mol. The van der Waals surface area contributed by atoms with Crippen LogP contribution in [0.25, 0.3) is 22.7 Å². The van der Waals surface area contributed by atoms with Crippen LogP contribution in [-0.4, -0.2) is 35.0 Å². The Kier molecular flexibility index (Phi) is 4.74. The molecule has 1 aliphatic rings. The van der Waals surface area contributed by atoms with E-state index in [1.54, 1.807) is 6.33 Å². The summed E-state index contributed by atoms with van der Waals surface area (Å²) in [6.07, 6.45) is 5.15. The van der Waals surface area contributed by atoms with Gasteiger partial charge in [-0.1, -0.05) is 13.8 Å². The normalized spacial score (nSPS) is 16.2. The topological polar surface area (TPSA) is 82.0 Å². The van der Waals surface area contributed by atoms with Crippen LogP contribution in [0.5, 0.6) is 0 Å². The summed E-state index contributed by atoms with van der Waals surface area (Å²) >= 11 is 0. The van der Waals surface area contributed by atoms with E-state index >= 15 is 0 Å². The molecule has 0 radical (unpaired) electrons. The fourth-order valence-corrected chi connectivity index (χ4v) is 4.46. The van der Waals surface area contributed by atoms with Crippen molar-refractivity contribution in [2.45, 2.75) is 46.2 Å². The molecule has 0 spiro atoms. The molecule has 8 heteroatoms. The van der Waals surface area contributed by atoms with Crippen molar-refractivity contribution in [1.29, 1.82) is 0 Å². The van der Waals surface area contributed by atoms with Crippen molar-refractivity contribution in [3.63, 3.8) is 0 Å². The number of aromatic nitrogens is 6. The van der Waals surface area contributed by atoms with E-state index in [9.17, 15) is 4.79 Å². The van der Waals surface area contributed by atoms with Crippen molar-refractivity contribution in [2.75, 3.05) is 0 Å². The maximum Gasteiger partial charge on any atom is 0.261 e. The van der Waals surface area contributed by atoms with Crippen molar-refractivity contribution in [3.8, 4) is 17.1 Å². The van der Waals surface area contributed by atoms with E-state index in [1.165, 1.54) is 0 Å². The number of hydrogen-bond acceptors (Lipinski definition) is 5. The van der Waals surface area contributed by atoms with Crippen LogP contribution in [0.15, 0.2) is 41.6 Å². The van der Waals surface area contributed by atoms with E-state index in [0.29, 0.717) is 18.9 Å². The van der Waals surface area contributed by atoms with Gasteiger partial charge >= 0.3 is 0 Å². The number of hydrogen-bond donors (Lipinski definition) is 1. The lowest BCUT2D eigenvalue weighted by Gasteiger charge is -2.25. The molecule has 0 saturated heterocycles. The first-order chi connectivity index (χ1) is 14.9. The molecule has 5 rings (SSSR count). The zero-order valence-electron chi connectivity index (χ0n) is 18.3. The predicted octanol–water partition coefficient (Wildman–Crippen LogP) is 2.51. The average molecular weight is 418 g/mol. The van der Waals surface area contributed by atoms with E-state index in [0.717, 1.165) is 46.0 Å². The maximum absolute atomic E-state index is 13.7. The highest BCUT2D eigenvalue weighted by atomic mass is 16.1. The number of fused-ring (bicyclic) bond motifs is 3. The molecule has 0 fully saturated rings. The Morgan fingerprint density at radius 2 is 2.00 bits per heavy atom. The van der Waals surface area contributed by atoms with Crippen LogP contribution < -0.4 is 10.9 Å². The van der Waals surface area contributed by atoms with Gasteiger partial charge in [0, 0.05) is 36.3 Å². The molecule has 1 unspecified atom stereocenters. The number of nitrogens with one attached hydrogen (secondary N) is 1. The Bertz CT molecular complexity index is 1310. The molecule has 0 amide bonds. The molecule has 0 aliphatic carbocycles. The first kappa shape index (κ1) is 19.7. The zero-order valence-corrected chi connectivity index (χ0v) is 18.3. The van der Waals surface area contributed by atoms with E-state index in [1.807, 2.05) is 51.2 Å². The van der Waals surface area contributed by atoms with Crippen molar-refractivity contribution in [1.82, 2.24) is 34.3 Å². The van der Waals surface area contributed by atoms with Gasteiger partial charge < -0.3 is 9.88 Å². The SMILES string of the molecule is CC(C)Cc1cnn2c3c(c(=O)n(-c4ccc(-c5nncn5C)cc4)c12)CC(C)NC3. The third-order valence-electron chi connectivity index (χ3n) is 5.95. The predicted molar refractivity (Wildman–Crippen MR) is 119 cm³/mol. The molecule has 3 aromatic heterocycles. The minimum Gasteiger partial charge on any atom is -0.317 e. The summed E-state index contributed by atoms with van der Waals surface area (Å²) in [6.45, 7) is 7.13. The van der Waals surface area contributed by atoms with Gasteiger partial charge in [0.25, 0.3) is 5.56 Å². The highest BCUT2D eigenvalue weighted by molar-refractivity contribution is 5.61. The van der Waals surface area contributed by atoms with Crippen LogP contribution in [0.2, 0.25) is 0 Å². The van der Waals surface area contributed by atoms with Gasteiger partial charge in [0.2, 0.25) is 0 Å². The minimum atomic E-state index is 0.0489. The fraction of sp³-hybridized carbons (Fsp3) is 0.391. The highest BCUT2D eigenvalue weighted by Crippen LogP contribution is 2.24. The quantitative estimate of drug-likeness (QED) is 0.552. The van der Waals surface area contributed by atoms with E-state index in [4.69, 9.17) is 5.10 Å². The molecule has 4 aromatic rings. The van der Waals surface area contributed by atoms with E-state index in [-0.39, 0.29) is 11.6 Å². The molecule has 1 atom stereocenters. The van der Waals surface area contributed by atoms with Gasteiger partial charge in [-0.25, -0.2) is 4.52 Å². The summed E-state index contributed by atoms with van der Waals surface area (Å²) in [5.41, 5.74) is 5.61. The van der Waals surface area contributed by atoms with Crippen LogP contribution in [-0.2, 0) is 26.4 Å². The summed E-state index contributed by atoms with van der Waals surface area (Å²) in [5.74, 6) is 1.25.